The van der Waals surface area contributed by atoms with Gasteiger partial charge in [-0.15, -0.1) is 0 Å². The predicted molar refractivity (Wildman–Crippen MR) is 330 cm³/mol. The quantitative estimate of drug-likeness (QED) is 0.177. The van der Waals surface area contributed by atoms with Gasteiger partial charge in [0.1, 0.15) is 19.3 Å². The van der Waals surface area contributed by atoms with E-state index in [2.05, 4.69) is 55.4 Å². The number of fused-ring (bicyclic) bond motifs is 12. The molecule has 2 aromatic rings. The molecule has 8 aliphatic carbocycles. The van der Waals surface area contributed by atoms with E-state index in [1.54, 1.807) is 29.2 Å². The van der Waals surface area contributed by atoms with Crippen LogP contribution in [0.4, 0.5) is 9.59 Å². The fourth-order valence-electron chi connectivity index (χ4n) is 22.4. The number of likely N-dealkylation sites (tertiary alicyclic amines) is 2. The lowest BCUT2D eigenvalue weighted by Gasteiger charge is -2.54. The van der Waals surface area contributed by atoms with Crippen LogP contribution in [0, 0.1) is 81.8 Å². The maximum absolute atomic E-state index is 13.6. The van der Waals surface area contributed by atoms with Crippen LogP contribution in [0.3, 0.4) is 0 Å². The Balaban J connectivity index is 0.000000159. The van der Waals surface area contributed by atoms with Crippen molar-refractivity contribution in [3.05, 3.63) is 94.1 Å². The molecule has 11 heteroatoms. The molecule has 0 bridgehead atoms. The Morgan fingerprint density at radius 2 is 1.02 bits per heavy atom. The normalized spacial score (nSPS) is 44.2. The summed E-state index contributed by atoms with van der Waals surface area (Å²) >= 11 is 0. The van der Waals surface area contributed by atoms with Gasteiger partial charge in [0, 0.05) is 31.8 Å². The van der Waals surface area contributed by atoms with E-state index in [-0.39, 0.29) is 77.7 Å². The van der Waals surface area contributed by atoms with Gasteiger partial charge in [-0.05, 0) is 223 Å². The summed E-state index contributed by atoms with van der Waals surface area (Å²) in [5, 5.41) is 10.4. The summed E-state index contributed by atoms with van der Waals surface area (Å²) in [5.41, 5.74) is 9.01. The zero-order chi connectivity index (χ0) is 59.3. The standard InChI is InChI=1S/C38H53NO5.C36H51NO4/c1-23-17-34-35(39(21-23)36(41)42-22-27-9-7-6-8-10-27)25(3)38(44-34)16-14-30-31-12-11-28-18-29(43-26(4)40)13-15-37(28,5)33(31)19-32(30)24(2)20-38;1-22-16-32-33(37(20-22)34(39)40-21-25-8-6-5-7-9-25)24(3)36(41-32)15-13-28-29-11-10-26-17-27(38)12-14-35(26,4)31(29)18-30(28)23(2)19-36/h6-10,23,25,28-31,33-35H,11-22H2,1-5H3;5-9,22,24,26-29,31-33,38H,10-21H2,1-4H3/t23-,25+,28+,29+,30-,31-,33-,34+,35-,37-,38-;22-,24+,26+,27+,28-,29-,31-,32+,33-,35-,36-/m00/s1. The number of esters is 1. The summed E-state index contributed by atoms with van der Waals surface area (Å²) < 4.78 is 31.8. The fourth-order valence-corrected chi connectivity index (χ4v) is 22.4. The number of hydrogen-bond acceptors (Lipinski definition) is 9. The number of aliphatic hydroxyl groups excluding tert-OH is 1. The molecule has 12 aliphatic rings. The van der Waals surface area contributed by atoms with Crippen molar-refractivity contribution >= 4 is 18.2 Å². The molecule has 11 nitrogen and oxygen atoms in total. The summed E-state index contributed by atoms with van der Waals surface area (Å²) in [6.45, 7) is 22.8. The van der Waals surface area contributed by atoms with Crippen LogP contribution in [0.2, 0.25) is 0 Å². The molecule has 4 aliphatic heterocycles. The Morgan fingerprint density at radius 3 is 1.48 bits per heavy atom. The molecule has 85 heavy (non-hydrogen) atoms. The molecule has 2 aromatic carbocycles. The van der Waals surface area contributed by atoms with Gasteiger partial charge in [0.05, 0.1) is 41.6 Å². The van der Waals surface area contributed by atoms with Gasteiger partial charge in [-0.1, -0.05) is 124 Å². The summed E-state index contributed by atoms with van der Waals surface area (Å²) in [7, 11) is 0. The molecule has 22 atom stereocenters. The minimum Gasteiger partial charge on any atom is -0.463 e. The zero-order valence-electron chi connectivity index (χ0n) is 53.2. The largest absolute Gasteiger partial charge is 0.463 e. The Bertz CT molecular complexity index is 2860. The molecule has 6 saturated carbocycles. The average molecular weight is 1170 g/mol. The van der Waals surface area contributed by atoms with Crippen molar-refractivity contribution in [2.75, 3.05) is 13.1 Å². The molecule has 1 N–H and O–H groups in total. The molecule has 2 amide bonds. The summed E-state index contributed by atoms with van der Waals surface area (Å²) in [6.07, 6.45) is 22.5. The molecule has 0 radical (unpaired) electrons. The maximum Gasteiger partial charge on any atom is 0.410 e. The number of amides is 2. The number of carbonyl (C=O) groups is 3. The molecule has 464 valence electrons. The van der Waals surface area contributed by atoms with Crippen LogP contribution in [-0.2, 0) is 41.7 Å². The van der Waals surface area contributed by atoms with Gasteiger partial charge in [-0.2, -0.15) is 0 Å². The number of carbonyl (C=O) groups excluding carboxylic acids is 3. The van der Waals surface area contributed by atoms with E-state index in [0.717, 1.165) is 112 Å². The monoisotopic (exact) mass is 1160 g/mol. The Labute approximate surface area is 509 Å². The SMILES string of the molecule is CC(=O)O[C@@H]1CC[C@@]2(C)[C@H](CC[C@H]3[C@@H]4CC[C@@]5(CC(C)=C4C[C@@H]32)O[C@@H]2C[C@H](C)CN(C(=O)OCc3ccccc3)[C@H]2[C@H]5C)C1.CC1=C2C[C@H]3[C@@H](CC[C@@H]4C[C@H](O)CC[C@@]43C)[C@@H]2CC[C@@]2(C1)O[C@@H]1C[C@H](C)CN(C(=O)OCc3ccccc3)[C@H]1[C@H]2C. The highest BCUT2D eigenvalue weighted by molar-refractivity contribution is 5.69. The number of piperidine rings is 2. The zero-order valence-corrected chi connectivity index (χ0v) is 53.2. The third-order valence-corrected chi connectivity index (χ3v) is 26.6. The minimum atomic E-state index is -0.211. The van der Waals surface area contributed by atoms with Crippen molar-refractivity contribution in [1.82, 2.24) is 9.80 Å². The molecule has 2 spiro atoms. The molecular formula is C74H104N2O9. The highest BCUT2D eigenvalue weighted by Crippen LogP contribution is 2.68. The fraction of sp³-hybridized carbons (Fsp3) is 0.743. The second-order valence-electron chi connectivity index (χ2n) is 31.3. The summed E-state index contributed by atoms with van der Waals surface area (Å²) in [5.74, 6) is 6.96. The summed E-state index contributed by atoms with van der Waals surface area (Å²) in [6, 6.07) is 20.1. The van der Waals surface area contributed by atoms with Crippen LogP contribution in [0.1, 0.15) is 202 Å². The van der Waals surface area contributed by atoms with Gasteiger partial charge in [0.2, 0.25) is 0 Å². The topological polar surface area (TPSA) is 124 Å². The molecule has 4 heterocycles. The van der Waals surface area contributed by atoms with E-state index in [1.807, 2.05) is 70.5 Å². The lowest BCUT2D eigenvalue weighted by molar-refractivity contribution is -0.154. The number of aliphatic hydroxyl groups is 1. The Kier molecular flexibility index (Phi) is 16.4. The van der Waals surface area contributed by atoms with Crippen molar-refractivity contribution in [1.29, 1.82) is 0 Å². The van der Waals surface area contributed by atoms with E-state index in [4.69, 9.17) is 23.7 Å². The van der Waals surface area contributed by atoms with Crippen LogP contribution in [0.25, 0.3) is 0 Å². The lowest BCUT2D eigenvalue weighted by Crippen LogP contribution is -2.54. The first-order valence-electron chi connectivity index (χ1n) is 34.3. The van der Waals surface area contributed by atoms with E-state index < -0.39 is 0 Å². The Hall–Kier alpha value is -4.19. The van der Waals surface area contributed by atoms with Gasteiger partial charge in [0.15, 0.2) is 0 Å². The molecule has 10 fully saturated rings. The smallest absolute Gasteiger partial charge is 0.410 e. The number of ether oxygens (including phenoxy) is 5. The first-order valence-corrected chi connectivity index (χ1v) is 34.3. The van der Waals surface area contributed by atoms with E-state index >= 15 is 0 Å². The van der Waals surface area contributed by atoms with E-state index in [0.29, 0.717) is 59.6 Å². The molecule has 0 aromatic heterocycles. The Morgan fingerprint density at radius 1 is 0.576 bits per heavy atom. The predicted octanol–water partition coefficient (Wildman–Crippen LogP) is 15.6. The maximum atomic E-state index is 13.6. The van der Waals surface area contributed by atoms with Gasteiger partial charge in [-0.25, -0.2) is 9.59 Å². The number of benzene rings is 2. The van der Waals surface area contributed by atoms with Crippen molar-refractivity contribution in [3.8, 4) is 0 Å². The van der Waals surface area contributed by atoms with Gasteiger partial charge < -0.3 is 38.6 Å². The number of allylic oxidation sites excluding steroid dienone is 2. The third kappa shape index (κ3) is 10.8. The van der Waals surface area contributed by atoms with Gasteiger partial charge in [0.25, 0.3) is 0 Å². The molecule has 14 rings (SSSR count). The number of hydrogen-bond donors (Lipinski definition) is 1. The molecule has 4 saturated heterocycles. The first kappa shape index (κ1) is 59.8. The third-order valence-electron chi connectivity index (χ3n) is 26.6. The second kappa shape index (κ2) is 23.3. The number of nitrogens with zero attached hydrogens (tertiary/aromatic N) is 2. The van der Waals surface area contributed by atoms with E-state index in [1.165, 1.54) is 64.2 Å². The number of rotatable bonds is 5. The van der Waals surface area contributed by atoms with Crippen molar-refractivity contribution in [3.63, 3.8) is 0 Å². The highest BCUT2D eigenvalue weighted by Gasteiger charge is 2.63. The highest BCUT2D eigenvalue weighted by atomic mass is 16.6. The van der Waals surface area contributed by atoms with Crippen LogP contribution >= 0.6 is 0 Å². The van der Waals surface area contributed by atoms with Crippen LogP contribution in [0.5, 0.6) is 0 Å². The second-order valence-corrected chi connectivity index (χ2v) is 31.3. The van der Waals surface area contributed by atoms with E-state index in [9.17, 15) is 19.5 Å². The van der Waals surface area contributed by atoms with Crippen molar-refractivity contribution in [2.45, 2.75) is 252 Å². The van der Waals surface area contributed by atoms with Crippen molar-refractivity contribution < 1.29 is 43.2 Å². The molecule has 0 unspecified atom stereocenters. The minimum absolute atomic E-state index is 0.0692. The lowest BCUT2D eigenvalue weighted by atomic mass is 9.52. The average Bonchev–Trinajstić information content (AvgIpc) is 1.68. The van der Waals surface area contributed by atoms with Crippen LogP contribution in [-0.4, -0.2) is 93.9 Å². The summed E-state index contributed by atoms with van der Waals surface area (Å²) in [4.78, 5) is 42.8. The van der Waals surface area contributed by atoms with Crippen LogP contribution < -0.4 is 0 Å². The van der Waals surface area contributed by atoms with Crippen molar-refractivity contribution in [2.24, 2.45) is 81.8 Å². The van der Waals surface area contributed by atoms with Gasteiger partial charge in [-0.3, -0.25) is 4.79 Å². The first-order chi connectivity index (χ1) is 40.8. The van der Waals surface area contributed by atoms with Gasteiger partial charge >= 0.3 is 18.2 Å². The van der Waals surface area contributed by atoms with Crippen LogP contribution in [0.15, 0.2) is 83.0 Å². The molecular weight excluding hydrogens is 1060 g/mol.